The molecule has 2 heterocycles. The highest BCUT2D eigenvalue weighted by molar-refractivity contribution is 6.33. The zero-order chi connectivity index (χ0) is 12.6. The van der Waals surface area contributed by atoms with Gasteiger partial charge in [0.2, 0.25) is 0 Å². The number of nitrogens with one attached hydrogen (secondary N) is 1. The Morgan fingerprint density at radius 3 is 2.47 bits per heavy atom. The predicted octanol–water partition coefficient (Wildman–Crippen LogP) is 2.73. The van der Waals surface area contributed by atoms with Gasteiger partial charge in [0.25, 0.3) is 0 Å². The van der Waals surface area contributed by atoms with E-state index in [9.17, 15) is 13.2 Å². The van der Waals surface area contributed by atoms with Crippen LogP contribution in [0.5, 0.6) is 0 Å². The van der Waals surface area contributed by atoms with Gasteiger partial charge in [-0.05, 0) is 6.07 Å². The lowest BCUT2D eigenvalue weighted by Crippen LogP contribution is -2.05. The van der Waals surface area contributed by atoms with Gasteiger partial charge in [-0.1, -0.05) is 11.6 Å². The lowest BCUT2D eigenvalue weighted by atomic mass is 10.2. The zero-order valence-electron chi connectivity index (χ0n) is 8.22. The monoisotopic (exact) mass is 262 g/mol. The van der Waals surface area contributed by atoms with Crippen molar-refractivity contribution < 1.29 is 13.2 Å². The molecule has 0 atom stereocenters. The van der Waals surface area contributed by atoms with Crippen LogP contribution < -0.4 is 5.73 Å². The van der Waals surface area contributed by atoms with Crippen molar-refractivity contribution in [3.05, 3.63) is 29.0 Å². The van der Waals surface area contributed by atoms with Gasteiger partial charge < -0.3 is 5.73 Å². The first-order valence-corrected chi connectivity index (χ1v) is 4.79. The van der Waals surface area contributed by atoms with Crippen molar-refractivity contribution in [1.82, 2.24) is 15.2 Å². The maximum absolute atomic E-state index is 12.4. The first-order valence-electron chi connectivity index (χ1n) is 4.41. The number of rotatable bonds is 1. The second kappa shape index (κ2) is 3.92. The summed E-state index contributed by atoms with van der Waals surface area (Å²) in [5.41, 5.74) is 5.14. The molecular weight excluding hydrogens is 257 g/mol. The Balaban J connectivity index is 2.50. The number of nitrogens with zero attached hydrogens (tertiary/aromatic N) is 2. The SMILES string of the molecule is Nc1[nH]ncc1-c1ncc(C(F)(F)F)cc1Cl. The standard InChI is InChI=1S/C9H6ClF3N4/c10-6-1-4(9(11,12)13)2-15-7(6)5-3-16-17-8(5)14/h1-3H,(H3,14,16,17). The summed E-state index contributed by atoms with van der Waals surface area (Å²) < 4.78 is 37.1. The van der Waals surface area contributed by atoms with Crippen molar-refractivity contribution in [3.63, 3.8) is 0 Å². The van der Waals surface area contributed by atoms with Gasteiger partial charge in [-0.25, -0.2) is 0 Å². The highest BCUT2D eigenvalue weighted by Crippen LogP contribution is 2.34. The summed E-state index contributed by atoms with van der Waals surface area (Å²) >= 11 is 5.74. The molecule has 0 saturated carbocycles. The molecule has 0 aliphatic rings. The van der Waals surface area contributed by atoms with E-state index >= 15 is 0 Å². The Hall–Kier alpha value is -1.76. The van der Waals surface area contributed by atoms with Crippen molar-refractivity contribution in [2.45, 2.75) is 6.18 Å². The van der Waals surface area contributed by atoms with Crippen molar-refractivity contribution in [1.29, 1.82) is 0 Å². The summed E-state index contributed by atoms with van der Waals surface area (Å²) in [5, 5.41) is 5.95. The van der Waals surface area contributed by atoms with E-state index in [-0.39, 0.29) is 16.5 Å². The molecule has 0 saturated heterocycles. The van der Waals surface area contributed by atoms with E-state index in [0.29, 0.717) is 11.8 Å². The average molecular weight is 263 g/mol. The van der Waals surface area contributed by atoms with E-state index in [0.717, 1.165) is 6.07 Å². The molecule has 8 heteroatoms. The Morgan fingerprint density at radius 2 is 2.00 bits per heavy atom. The molecule has 0 aliphatic heterocycles. The number of nitrogen functional groups attached to an aromatic ring is 1. The fraction of sp³-hybridized carbons (Fsp3) is 0.111. The number of H-pyrrole nitrogens is 1. The summed E-state index contributed by atoms with van der Waals surface area (Å²) in [6.07, 6.45) is -2.43. The van der Waals surface area contributed by atoms with E-state index in [1.165, 1.54) is 6.20 Å². The average Bonchev–Trinajstić information content (AvgIpc) is 2.63. The van der Waals surface area contributed by atoms with Crippen molar-refractivity contribution >= 4 is 17.4 Å². The fourth-order valence-corrected chi connectivity index (χ4v) is 1.54. The Kier molecular flexibility index (Phi) is 2.70. The molecule has 2 rings (SSSR count). The number of aromatic amines is 1. The molecule has 0 bridgehead atoms. The van der Waals surface area contributed by atoms with Crippen LogP contribution in [0.2, 0.25) is 5.02 Å². The van der Waals surface area contributed by atoms with E-state index < -0.39 is 11.7 Å². The largest absolute Gasteiger partial charge is 0.417 e. The predicted molar refractivity (Wildman–Crippen MR) is 56.2 cm³/mol. The van der Waals surface area contributed by atoms with E-state index in [4.69, 9.17) is 17.3 Å². The summed E-state index contributed by atoms with van der Waals surface area (Å²) in [4.78, 5) is 3.66. The van der Waals surface area contributed by atoms with Crippen LogP contribution in [0, 0.1) is 0 Å². The van der Waals surface area contributed by atoms with Crippen molar-refractivity contribution in [2.24, 2.45) is 0 Å². The molecule has 17 heavy (non-hydrogen) atoms. The van der Waals surface area contributed by atoms with Gasteiger partial charge in [0, 0.05) is 6.20 Å². The lowest BCUT2D eigenvalue weighted by molar-refractivity contribution is -0.137. The molecular formula is C9H6ClF3N4. The first kappa shape index (κ1) is 11.7. The normalized spacial score (nSPS) is 11.8. The molecule has 2 aromatic rings. The number of anilines is 1. The Labute approximate surface area is 98.6 Å². The molecule has 3 N–H and O–H groups in total. The number of alkyl halides is 3. The van der Waals surface area contributed by atoms with Crippen LogP contribution in [0.3, 0.4) is 0 Å². The third-order valence-electron chi connectivity index (χ3n) is 2.09. The summed E-state index contributed by atoms with van der Waals surface area (Å²) in [7, 11) is 0. The minimum absolute atomic E-state index is 0.132. The molecule has 4 nitrogen and oxygen atoms in total. The molecule has 0 fully saturated rings. The second-order valence-corrected chi connectivity index (χ2v) is 3.66. The third kappa shape index (κ3) is 2.19. The smallest absolute Gasteiger partial charge is 0.384 e. The highest BCUT2D eigenvalue weighted by Gasteiger charge is 2.31. The number of aromatic nitrogens is 3. The molecule has 90 valence electrons. The second-order valence-electron chi connectivity index (χ2n) is 3.25. The molecule has 0 aromatic carbocycles. The van der Waals surface area contributed by atoms with Gasteiger partial charge in [-0.2, -0.15) is 18.3 Å². The van der Waals surface area contributed by atoms with Crippen LogP contribution >= 0.6 is 11.6 Å². The quantitative estimate of drug-likeness (QED) is 0.830. The topological polar surface area (TPSA) is 67.6 Å². The Bertz CT molecular complexity index is 549. The van der Waals surface area contributed by atoms with Crippen molar-refractivity contribution in [3.8, 4) is 11.3 Å². The molecule has 0 amide bonds. The van der Waals surface area contributed by atoms with Crippen LogP contribution in [0.25, 0.3) is 11.3 Å². The fourth-order valence-electron chi connectivity index (χ4n) is 1.28. The molecule has 0 aliphatic carbocycles. The van der Waals surface area contributed by atoms with Crippen LogP contribution in [0.4, 0.5) is 19.0 Å². The zero-order valence-corrected chi connectivity index (χ0v) is 8.97. The molecule has 0 unspecified atom stereocenters. The summed E-state index contributed by atoms with van der Waals surface area (Å²) in [6, 6.07) is 0.802. The molecule has 0 spiro atoms. The van der Waals surface area contributed by atoms with Crippen LogP contribution in [-0.2, 0) is 6.18 Å². The number of pyridine rings is 1. The Morgan fingerprint density at radius 1 is 1.29 bits per heavy atom. The van der Waals surface area contributed by atoms with Gasteiger partial charge in [-0.15, -0.1) is 0 Å². The van der Waals surface area contributed by atoms with Gasteiger partial charge in [0.1, 0.15) is 5.82 Å². The third-order valence-corrected chi connectivity index (χ3v) is 2.38. The summed E-state index contributed by atoms with van der Waals surface area (Å²) in [6.45, 7) is 0. The van der Waals surface area contributed by atoms with Crippen LogP contribution in [0.1, 0.15) is 5.56 Å². The molecule has 0 radical (unpaired) electrons. The van der Waals surface area contributed by atoms with Gasteiger partial charge in [0.05, 0.1) is 28.0 Å². The minimum Gasteiger partial charge on any atom is -0.384 e. The van der Waals surface area contributed by atoms with E-state index in [1.54, 1.807) is 0 Å². The van der Waals surface area contributed by atoms with Crippen molar-refractivity contribution in [2.75, 3.05) is 5.73 Å². The maximum Gasteiger partial charge on any atom is 0.417 e. The van der Waals surface area contributed by atoms with E-state index in [1.807, 2.05) is 0 Å². The minimum atomic E-state index is -4.48. The number of hydrogen-bond acceptors (Lipinski definition) is 3. The van der Waals surface area contributed by atoms with Crippen LogP contribution in [0.15, 0.2) is 18.5 Å². The number of nitrogens with two attached hydrogens (primary N) is 1. The number of hydrogen-bond donors (Lipinski definition) is 2. The first-order chi connectivity index (χ1) is 7.89. The van der Waals surface area contributed by atoms with Gasteiger partial charge >= 0.3 is 6.18 Å². The van der Waals surface area contributed by atoms with Crippen LogP contribution in [-0.4, -0.2) is 15.2 Å². The lowest BCUT2D eigenvalue weighted by Gasteiger charge is -2.08. The summed E-state index contributed by atoms with van der Waals surface area (Å²) in [5.74, 6) is 0.194. The van der Waals surface area contributed by atoms with E-state index in [2.05, 4.69) is 15.2 Å². The molecule has 2 aromatic heterocycles. The maximum atomic E-state index is 12.4. The van der Waals surface area contributed by atoms with Gasteiger partial charge in [-0.3, -0.25) is 10.1 Å². The number of halogens is 4. The highest BCUT2D eigenvalue weighted by atomic mass is 35.5. The van der Waals surface area contributed by atoms with Gasteiger partial charge in [0.15, 0.2) is 0 Å².